The van der Waals surface area contributed by atoms with Crippen LogP contribution in [0.2, 0.25) is 19.6 Å². The van der Waals surface area contributed by atoms with Crippen LogP contribution in [0.5, 0.6) is 0 Å². The molecular weight excluding hydrogens is 160 g/mol. The maximum absolute atomic E-state index is 3.36. The third-order valence-corrected chi connectivity index (χ3v) is 2.86. The summed E-state index contributed by atoms with van der Waals surface area (Å²) in [6.07, 6.45) is 7.49. The van der Waals surface area contributed by atoms with Gasteiger partial charge in [0.05, 0.1) is 0 Å². The highest BCUT2D eigenvalue weighted by Crippen LogP contribution is 2.22. The molecule has 66 valence electrons. The normalized spacial score (nSPS) is 17.1. The summed E-state index contributed by atoms with van der Waals surface area (Å²) in [6, 6.07) is 0. The third-order valence-electron chi connectivity index (χ3n) is 1.97. The third kappa shape index (κ3) is 3.78. The quantitative estimate of drug-likeness (QED) is 0.394. The average molecular weight is 178 g/mol. The predicted octanol–water partition coefficient (Wildman–Crippen LogP) is 3.37. The zero-order valence-electron chi connectivity index (χ0n) is 8.41. The standard InChI is InChI=1S/C11H18Si/c1-12(2,3)10-6-9-11-7-4-5-8-11/h9H,4-5,7-8H2,1-3H3. The van der Waals surface area contributed by atoms with E-state index in [4.69, 9.17) is 0 Å². The van der Waals surface area contributed by atoms with Gasteiger partial charge in [-0.1, -0.05) is 31.1 Å². The molecule has 1 rings (SSSR count). The molecule has 1 fully saturated rings. The van der Waals surface area contributed by atoms with Crippen molar-refractivity contribution in [2.45, 2.75) is 45.3 Å². The minimum absolute atomic E-state index is 1.13. The second kappa shape index (κ2) is 3.96. The van der Waals surface area contributed by atoms with E-state index in [2.05, 4.69) is 37.2 Å². The van der Waals surface area contributed by atoms with Crippen LogP contribution in [0.1, 0.15) is 25.7 Å². The van der Waals surface area contributed by atoms with Gasteiger partial charge in [0, 0.05) is 0 Å². The lowest BCUT2D eigenvalue weighted by molar-refractivity contribution is 0.886. The second-order valence-electron chi connectivity index (χ2n) is 4.53. The van der Waals surface area contributed by atoms with Crippen LogP contribution in [-0.2, 0) is 0 Å². The van der Waals surface area contributed by atoms with Gasteiger partial charge in [0.1, 0.15) is 8.07 Å². The van der Waals surface area contributed by atoms with Crippen LogP contribution in [0, 0.1) is 11.5 Å². The Morgan fingerprint density at radius 2 is 1.75 bits per heavy atom. The van der Waals surface area contributed by atoms with Crippen LogP contribution < -0.4 is 0 Å². The summed E-state index contributed by atoms with van der Waals surface area (Å²) < 4.78 is 0. The van der Waals surface area contributed by atoms with Crippen LogP contribution in [-0.4, -0.2) is 8.07 Å². The Labute approximate surface area is 77.1 Å². The van der Waals surface area contributed by atoms with Crippen molar-refractivity contribution in [1.82, 2.24) is 0 Å². The van der Waals surface area contributed by atoms with Gasteiger partial charge < -0.3 is 0 Å². The Kier molecular flexibility index (Phi) is 3.17. The van der Waals surface area contributed by atoms with Gasteiger partial charge in [-0.25, -0.2) is 0 Å². The monoisotopic (exact) mass is 178 g/mol. The summed E-state index contributed by atoms with van der Waals surface area (Å²) in [6.45, 7) is 6.85. The Balaban J connectivity index is 2.50. The molecule has 0 nitrogen and oxygen atoms in total. The molecule has 0 radical (unpaired) electrons. The fourth-order valence-electron chi connectivity index (χ4n) is 1.33. The largest absolute Gasteiger partial charge is 0.129 e. The molecule has 0 aromatic heterocycles. The lowest BCUT2D eigenvalue weighted by Crippen LogP contribution is -2.16. The maximum Gasteiger partial charge on any atom is 0.129 e. The van der Waals surface area contributed by atoms with Crippen molar-refractivity contribution in [3.05, 3.63) is 11.6 Å². The Bertz CT molecular complexity index is 224. The van der Waals surface area contributed by atoms with Crippen LogP contribution in [0.3, 0.4) is 0 Å². The van der Waals surface area contributed by atoms with Crippen molar-refractivity contribution in [1.29, 1.82) is 0 Å². The first-order chi connectivity index (χ1) is 5.58. The van der Waals surface area contributed by atoms with E-state index in [1.807, 2.05) is 0 Å². The molecule has 1 saturated carbocycles. The van der Waals surface area contributed by atoms with Gasteiger partial charge in [-0.2, -0.15) is 0 Å². The van der Waals surface area contributed by atoms with Gasteiger partial charge >= 0.3 is 0 Å². The van der Waals surface area contributed by atoms with E-state index in [9.17, 15) is 0 Å². The van der Waals surface area contributed by atoms with Gasteiger partial charge in [0.15, 0.2) is 0 Å². The molecule has 1 aliphatic rings. The first-order valence-corrected chi connectivity index (χ1v) is 8.28. The molecule has 1 aliphatic carbocycles. The van der Waals surface area contributed by atoms with E-state index in [0.717, 1.165) is 0 Å². The fraction of sp³-hybridized carbons (Fsp3) is 0.636. The second-order valence-corrected chi connectivity index (χ2v) is 9.28. The molecular formula is C11H18Si. The average Bonchev–Trinajstić information content (AvgIpc) is 2.36. The van der Waals surface area contributed by atoms with Crippen molar-refractivity contribution < 1.29 is 0 Å². The minimum atomic E-state index is -1.13. The first kappa shape index (κ1) is 9.60. The molecule has 0 heterocycles. The molecule has 0 amide bonds. The number of hydrogen-bond donors (Lipinski definition) is 0. The zero-order valence-corrected chi connectivity index (χ0v) is 9.41. The van der Waals surface area contributed by atoms with Crippen molar-refractivity contribution in [3.63, 3.8) is 0 Å². The van der Waals surface area contributed by atoms with E-state index in [0.29, 0.717) is 0 Å². The van der Waals surface area contributed by atoms with Crippen LogP contribution in [0.4, 0.5) is 0 Å². The number of allylic oxidation sites excluding steroid dienone is 2. The molecule has 0 bridgehead atoms. The molecule has 12 heavy (non-hydrogen) atoms. The lowest BCUT2D eigenvalue weighted by atomic mass is 10.2. The molecule has 0 aliphatic heterocycles. The van der Waals surface area contributed by atoms with Gasteiger partial charge in [-0.3, -0.25) is 0 Å². The predicted molar refractivity (Wildman–Crippen MR) is 57.7 cm³/mol. The van der Waals surface area contributed by atoms with E-state index in [1.165, 1.54) is 25.7 Å². The van der Waals surface area contributed by atoms with E-state index >= 15 is 0 Å². The molecule has 0 aromatic rings. The summed E-state index contributed by atoms with van der Waals surface area (Å²) in [7, 11) is -1.13. The molecule has 0 saturated heterocycles. The topological polar surface area (TPSA) is 0 Å². The van der Waals surface area contributed by atoms with Gasteiger partial charge in [0.2, 0.25) is 0 Å². The summed E-state index contributed by atoms with van der Waals surface area (Å²) >= 11 is 0. The SMILES string of the molecule is C[Si](C)(C)C#CC=C1CCCC1. The Morgan fingerprint density at radius 1 is 1.17 bits per heavy atom. The highest BCUT2D eigenvalue weighted by molar-refractivity contribution is 6.83. The Morgan fingerprint density at radius 3 is 2.25 bits per heavy atom. The van der Waals surface area contributed by atoms with E-state index < -0.39 is 8.07 Å². The molecule has 0 unspecified atom stereocenters. The minimum Gasteiger partial charge on any atom is -0.127 e. The molecule has 0 atom stereocenters. The van der Waals surface area contributed by atoms with Crippen molar-refractivity contribution >= 4 is 8.07 Å². The molecule has 1 heteroatoms. The fourth-order valence-corrected chi connectivity index (χ4v) is 1.83. The van der Waals surface area contributed by atoms with Gasteiger partial charge in [-0.15, -0.1) is 5.54 Å². The van der Waals surface area contributed by atoms with Crippen LogP contribution >= 0.6 is 0 Å². The van der Waals surface area contributed by atoms with Gasteiger partial charge in [-0.05, 0) is 31.8 Å². The molecule has 0 spiro atoms. The van der Waals surface area contributed by atoms with Crippen molar-refractivity contribution in [2.75, 3.05) is 0 Å². The lowest BCUT2D eigenvalue weighted by Gasteiger charge is -2.02. The zero-order chi connectivity index (χ0) is 9.03. The summed E-state index contributed by atoms with van der Waals surface area (Å²) in [4.78, 5) is 0. The summed E-state index contributed by atoms with van der Waals surface area (Å²) in [5, 5.41) is 0. The van der Waals surface area contributed by atoms with E-state index in [-0.39, 0.29) is 0 Å². The number of rotatable bonds is 0. The number of hydrogen-bond acceptors (Lipinski definition) is 0. The molecule has 0 aromatic carbocycles. The highest BCUT2D eigenvalue weighted by Gasteiger charge is 2.07. The summed E-state index contributed by atoms with van der Waals surface area (Å²) in [5.41, 5.74) is 4.93. The Hall–Kier alpha value is -0.483. The molecule has 0 N–H and O–H groups in total. The maximum atomic E-state index is 3.36. The van der Waals surface area contributed by atoms with Crippen molar-refractivity contribution in [3.8, 4) is 11.5 Å². The van der Waals surface area contributed by atoms with Crippen molar-refractivity contribution in [2.24, 2.45) is 0 Å². The highest BCUT2D eigenvalue weighted by atomic mass is 28.3. The summed E-state index contributed by atoms with van der Waals surface area (Å²) in [5.74, 6) is 3.22. The van der Waals surface area contributed by atoms with Crippen LogP contribution in [0.15, 0.2) is 11.6 Å². The van der Waals surface area contributed by atoms with Crippen LogP contribution in [0.25, 0.3) is 0 Å². The smallest absolute Gasteiger partial charge is 0.127 e. The first-order valence-electron chi connectivity index (χ1n) is 4.78. The van der Waals surface area contributed by atoms with E-state index in [1.54, 1.807) is 5.57 Å². The van der Waals surface area contributed by atoms with Gasteiger partial charge in [0.25, 0.3) is 0 Å².